The fourth-order valence-corrected chi connectivity index (χ4v) is 1.53. The Labute approximate surface area is 101 Å². The quantitative estimate of drug-likeness (QED) is 0.806. The Kier molecular flexibility index (Phi) is 3.13. The standard InChI is InChI=1S/C11H11N3O4/c1-17-7-4-3-6(5-8(7)18-2)9-10(15)12-11(16)14-13-9/h3-5H,1-2H3,(H2,12,14,15,16). The molecule has 2 N–H and O–H groups in total. The fourth-order valence-electron chi connectivity index (χ4n) is 1.53. The number of methoxy groups -OCH3 is 2. The number of hydrogen-bond donors (Lipinski definition) is 2. The third kappa shape index (κ3) is 2.10. The van der Waals surface area contributed by atoms with E-state index in [9.17, 15) is 9.59 Å². The molecule has 0 atom stereocenters. The molecule has 1 aromatic heterocycles. The Bertz CT molecular complexity index is 674. The third-order valence-corrected chi connectivity index (χ3v) is 2.37. The van der Waals surface area contributed by atoms with Crippen LogP contribution in [0.3, 0.4) is 0 Å². The van der Waals surface area contributed by atoms with Gasteiger partial charge in [-0.15, -0.1) is 0 Å². The van der Waals surface area contributed by atoms with E-state index in [1.165, 1.54) is 14.2 Å². The number of aromatic amines is 2. The molecule has 0 aliphatic heterocycles. The summed E-state index contributed by atoms with van der Waals surface area (Å²) >= 11 is 0. The highest BCUT2D eigenvalue weighted by molar-refractivity contribution is 5.62. The van der Waals surface area contributed by atoms with E-state index >= 15 is 0 Å². The topological polar surface area (TPSA) is 97.1 Å². The molecule has 0 spiro atoms. The molecule has 18 heavy (non-hydrogen) atoms. The van der Waals surface area contributed by atoms with E-state index in [-0.39, 0.29) is 5.69 Å². The van der Waals surface area contributed by atoms with Gasteiger partial charge in [0.15, 0.2) is 17.2 Å². The number of H-pyrrole nitrogens is 2. The largest absolute Gasteiger partial charge is 0.493 e. The zero-order valence-electron chi connectivity index (χ0n) is 9.81. The molecule has 0 amide bonds. The number of rotatable bonds is 3. The highest BCUT2D eigenvalue weighted by Gasteiger charge is 2.10. The van der Waals surface area contributed by atoms with Crippen LogP contribution in [0.4, 0.5) is 0 Å². The summed E-state index contributed by atoms with van der Waals surface area (Å²) in [5.74, 6) is 1.02. The molecule has 1 heterocycles. The van der Waals surface area contributed by atoms with Gasteiger partial charge in [0, 0.05) is 5.56 Å². The number of nitrogens with zero attached hydrogens (tertiary/aromatic N) is 1. The Morgan fingerprint density at radius 2 is 1.83 bits per heavy atom. The molecule has 2 rings (SSSR count). The normalized spacial score (nSPS) is 10.1. The van der Waals surface area contributed by atoms with Crippen molar-refractivity contribution in [2.45, 2.75) is 0 Å². The molecule has 0 saturated heterocycles. The molecule has 7 nitrogen and oxygen atoms in total. The van der Waals surface area contributed by atoms with Gasteiger partial charge in [-0.3, -0.25) is 9.78 Å². The summed E-state index contributed by atoms with van der Waals surface area (Å²) in [5.41, 5.74) is -0.587. The smallest absolute Gasteiger partial charge is 0.342 e. The van der Waals surface area contributed by atoms with Crippen LogP contribution in [0.2, 0.25) is 0 Å². The highest BCUT2D eigenvalue weighted by atomic mass is 16.5. The Balaban J connectivity index is 2.58. The average molecular weight is 249 g/mol. The van der Waals surface area contributed by atoms with Crippen LogP contribution < -0.4 is 20.7 Å². The van der Waals surface area contributed by atoms with Gasteiger partial charge in [-0.05, 0) is 18.2 Å². The van der Waals surface area contributed by atoms with Crippen LogP contribution in [0.5, 0.6) is 11.5 Å². The lowest BCUT2D eigenvalue weighted by Crippen LogP contribution is -2.25. The first-order valence-corrected chi connectivity index (χ1v) is 5.07. The molecule has 0 aliphatic carbocycles. The maximum absolute atomic E-state index is 11.6. The summed E-state index contributed by atoms with van der Waals surface area (Å²) in [6.45, 7) is 0. The van der Waals surface area contributed by atoms with Gasteiger partial charge in [0.05, 0.1) is 14.2 Å². The van der Waals surface area contributed by atoms with Crippen LogP contribution in [0.25, 0.3) is 11.3 Å². The molecule has 0 aliphatic rings. The maximum Gasteiger partial charge on any atom is 0.342 e. The summed E-state index contributed by atoms with van der Waals surface area (Å²) in [5, 5.41) is 5.87. The third-order valence-electron chi connectivity index (χ3n) is 2.37. The molecule has 94 valence electrons. The molecule has 0 saturated carbocycles. The van der Waals surface area contributed by atoms with Gasteiger partial charge < -0.3 is 9.47 Å². The second-order valence-electron chi connectivity index (χ2n) is 3.43. The van der Waals surface area contributed by atoms with Gasteiger partial charge in [0.1, 0.15) is 0 Å². The first-order valence-electron chi connectivity index (χ1n) is 5.07. The lowest BCUT2D eigenvalue weighted by Gasteiger charge is -2.08. The SMILES string of the molecule is COc1ccc(-c2n[nH]c(=O)[nH]c2=O)cc1OC. The molecular weight excluding hydrogens is 238 g/mol. The monoisotopic (exact) mass is 249 g/mol. The van der Waals surface area contributed by atoms with E-state index in [1.54, 1.807) is 18.2 Å². The van der Waals surface area contributed by atoms with Crippen molar-refractivity contribution in [2.24, 2.45) is 0 Å². The fraction of sp³-hybridized carbons (Fsp3) is 0.182. The van der Waals surface area contributed by atoms with Crippen molar-refractivity contribution in [2.75, 3.05) is 14.2 Å². The second kappa shape index (κ2) is 4.74. The van der Waals surface area contributed by atoms with Crippen molar-refractivity contribution in [3.05, 3.63) is 39.0 Å². The first kappa shape index (κ1) is 11.9. The van der Waals surface area contributed by atoms with E-state index in [2.05, 4.69) is 15.2 Å². The van der Waals surface area contributed by atoms with Crippen LogP contribution in [0.15, 0.2) is 27.8 Å². The highest BCUT2D eigenvalue weighted by Crippen LogP contribution is 2.30. The van der Waals surface area contributed by atoms with Gasteiger partial charge in [-0.2, -0.15) is 5.10 Å². The Morgan fingerprint density at radius 3 is 2.44 bits per heavy atom. The number of benzene rings is 1. The van der Waals surface area contributed by atoms with Gasteiger partial charge in [-0.1, -0.05) is 0 Å². The van der Waals surface area contributed by atoms with Gasteiger partial charge in [-0.25, -0.2) is 9.89 Å². The molecule has 0 radical (unpaired) electrons. The van der Waals surface area contributed by atoms with Crippen LogP contribution in [0, 0.1) is 0 Å². The summed E-state index contributed by atoms with van der Waals surface area (Å²) in [6, 6.07) is 4.91. The molecule has 0 unspecified atom stereocenters. The second-order valence-corrected chi connectivity index (χ2v) is 3.43. The maximum atomic E-state index is 11.6. The number of aromatic nitrogens is 3. The van der Waals surface area contributed by atoms with Crippen LogP contribution in [-0.4, -0.2) is 29.4 Å². The minimum Gasteiger partial charge on any atom is -0.493 e. The molecule has 0 fully saturated rings. The van der Waals surface area contributed by atoms with E-state index in [0.29, 0.717) is 17.1 Å². The molecular formula is C11H11N3O4. The summed E-state index contributed by atoms with van der Waals surface area (Å²) in [7, 11) is 3.01. The Hall–Kier alpha value is -2.57. The van der Waals surface area contributed by atoms with Crippen molar-refractivity contribution in [3.8, 4) is 22.8 Å². The number of hydrogen-bond acceptors (Lipinski definition) is 5. The summed E-state index contributed by atoms with van der Waals surface area (Å²) in [6.07, 6.45) is 0. The molecule has 0 bridgehead atoms. The van der Waals surface area contributed by atoms with Crippen LogP contribution >= 0.6 is 0 Å². The first-order chi connectivity index (χ1) is 8.65. The molecule has 1 aromatic carbocycles. The van der Waals surface area contributed by atoms with Crippen molar-refractivity contribution >= 4 is 0 Å². The zero-order chi connectivity index (χ0) is 13.1. The lowest BCUT2D eigenvalue weighted by molar-refractivity contribution is 0.355. The van der Waals surface area contributed by atoms with E-state index < -0.39 is 11.2 Å². The van der Waals surface area contributed by atoms with Crippen molar-refractivity contribution in [1.29, 1.82) is 0 Å². The summed E-state index contributed by atoms with van der Waals surface area (Å²) < 4.78 is 10.2. The van der Waals surface area contributed by atoms with Gasteiger partial charge in [0.25, 0.3) is 5.56 Å². The van der Waals surface area contributed by atoms with E-state index in [0.717, 1.165) is 0 Å². The predicted molar refractivity (Wildman–Crippen MR) is 64.0 cm³/mol. The van der Waals surface area contributed by atoms with E-state index in [4.69, 9.17) is 9.47 Å². The molecule has 2 aromatic rings. The minimum atomic E-state index is -0.649. The van der Waals surface area contributed by atoms with Gasteiger partial charge in [0.2, 0.25) is 0 Å². The van der Waals surface area contributed by atoms with Crippen molar-refractivity contribution < 1.29 is 9.47 Å². The van der Waals surface area contributed by atoms with E-state index in [1.807, 2.05) is 0 Å². The summed E-state index contributed by atoms with van der Waals surface area (Å²) in [4.78, 5) is 24.6. The van der Waals surface area contributed by atoms with Crippen molar-refractivity contribution in [3.63, 3.8) is 0 Å². The van der Waals surface area contributed by atoms with Crippen molar-refractivity contribution in [1.82, 2.24) is 15.2 Å². The zero-order valence-corrected chi connectivity index (χ0v) is 9.81. The lowest BCUT2D eigenvalue weighted by atomic mass is 10.1. The Morgan fingerprint density at radius 1 is 1.11 bits per heavy atom. The molecule has 7 heteroatoms. The number of ether oxygens (including phenoxy) is 2. The predicted octanol–water partition coefficient (Wildman–Crippen LogP) is 0.142. The van der Waals surface area contributed by atoms with Crippen LogP contribution in [-0.2, 0) is 0 Å². The van der Waals surface area contributed by atoms with Gasteiger partial charge >= 0.3 is 5.69 Å². The minimum absolute atomic E-state index is 0.107. The average Bonchev–Trinajstić information content (AvgIpc) is 2.38. The number of nitrogens with one attached hydrogen (secondary N) is 2. The van der Waals surface area contributed by atoms with Crippen LogP contribution in [0.1, 0.15) is 0 Å².